The van der Waals surface area contributed by atoms with Crippen LogP contribution in [0, 0.1) is 5.92 Å². The molecule has 1 saturated carbocycles. The standard InChI is InChI=1S/C10H18N2O3/c1-7-4-2-3-5-10(7,9(14)15)12-6-8(11)13/h7,12H,2-6H2,1H3,(H2,11,13)(H,14,15). The Bertz CT molecular complexity index is 267. The van der Waals surface area contributed by atoms with E-state index in [1.807, 2.05) is 6.92 Å². The average molecular weight is 214 g/mol. The van der Waals surface area contributed by atoms with E-state index in [9.17, 15) is 14.7 Å². The lowest BCUT2D eigenvalue weighted by atomic mass is 9.73. The Morgan fingerprint density at radius 2 is 2.20 bits per heavy atom. The van der Waals surface area contributed by atoms with Crippen LogP contribution in [-0.4, -0.2) is 29.1 Å². The third kappa shape index (κ3) is 2.47. The van der Waals surface area contributed by atoms with Gasteiger partial charge in [0.05, 0.1) is 6.54 Å². The summed E-state index contributed by atoms with van der Waals surface area (Å²) in [4.78, 5) is 22.0. The first-order chi connectivity index (χ1) is 6.99. The maximum absolute atomic E-state index is 11.3. The maximum atomic E-state index is 11.3. The summed E-state index contributed by atoms with van der Waals surface area (Å²) in [5.41, 5.74) is 4.05. The van der Waals surface area contributed by atoms with Crippen molar-refractivity contribution < 1.29 is 14.7 Å². The monoisotopic (exact) mass is 214 g/mol. The second-order valence-corrected chi connectivity index (χ2v) is 4.24. The predicted octanol–water partition coefficient (Wildman–Crippen LogP) is 0.0948. The van der Waals surface area contributed by atoms with Crippen molar-refractivity contribution in [2.75, 3.05) is 6.54 Å². The Morgan fingerprint density at radius 3 is 2.67 bits per heavy atom. The van der Waals surface area contributed by atoms with E-state index in [1.54, 1.807) is 0 Å². The van der Waals surface area contributed by atoms with Gasteiger partial charge in [-0.15, -0.1) is 0 Å². The number of carbonyl (C=O) groups is 2. The first-order valence-corrected chi connectivity index (χ1v) is 5.26. The largest absolute Gasteiger partial charge is 0.480 e. The first kappa shape index (κ1) is 12.0. The van der Waals surface area contributed by atoms with Crippen LogP contribution in [0.4, 0.5) is 0 Å². The number of carboxylic acid groups (broad SMARTS) is 1. The van der Waals surface area contributed by atoms with Gasteiger partial charge in [0.2, 0.25) is 5.91 Å². The van der Waals surface area contributed by atoms with Crippen LogP contribution in [0.2, 0.25) is 0 Å². The number of rotatable bonds is 4. The highest BCUT2D eigenvalue weighted by Gasteiger charge is 2.44. The van der Waals surface area contributed by atoms with Crippen molar-refractivity contribution in [3.8, 4) is 0 Å². The Balaban J connectivity index is 2.76. The molecule has 5 nitrogen and oxygen atoms in total. The van der Waals surface area contributed by atoms with E-state index in [0.717, 1.165) is 19.3 Å². The fraction of sp³-hybridized carbons (Fsp3) is 0.800. The molecule has 1 rings (SSSR count). The fourth-order valence-corrected chi connectivity index (χ4v) is 2.25. The zero-order valence-electron chi connectivity index (χ0n) is 8.95. The molecule has 0 saturated heterocycles. The topological polar surface area (TPSA) is 92.4 Å². The van der Waals surface area contributed by atoms with E-state index in [4.69, 9.17) is 5.73 Å². The minimum absolute atomic E-state index is 0.0306. The van der Waals surface area contributed by atoms with Gasteiger partial charge in [0.15, 0.2) is 0 Å². The number of hydrogen-bond donors (Lipinski definition) is 3. The molecule has 1 aliphatic carbocycles. The van der Waals surface area contributed by atoms with Crippen molar-refractivity contribution in [1.82, 2.24) is 5.32 Å². The van der Waals surface area contributed by atoms with Gasteiger partial charge >= 0.3 is 5.97 Å². The van der Waals surface area contributed by atoms with Crippen LogP contribution in [0.3, 0.4) is 0 Å². The molecule has 0 heterocycles. The molecule has 15 heavy (non-hydrogen) atoms. The second kappa shape index (κ2) is 4.61. The van der Waals surface area contributed by atoms with Crippen LogP contribution in [0.25, 0.3) is 0 Å². The molecule has 2 atom stereocenters. The zero-order valence-corrected chi connectivity index (χ0v) is 8.95. The van der Waals surface area contributed by atoms with Crippen molar-refractivity contribution in [2.24, 2.45) is 11.7 Å². The smallest absolute Gasteiger partial charge is 0.324 e. The molecule has 2 unspecified atom stereocenters. The number of nitrogens with one attached hydrogen (secondary N) is 1. The molecule has 0 spiro atoms. The van der Waals surface area contributed by atoms with Crippen LogP contribution < -0.4 is 11.1 Å². The molecule has 1 aliphatic rings. The van der Waals surface area contributed by atoms with Gasteiger partial charge in [-0.1, -0.05) is 19.8 Å². The highest BCUT2D eigenvalue weighted by molar-refractivity contribution is 5.81. The second-order valence-electron chi connectivity index (χ2n) is 4.24. The predicted molar refractivity (Wildman–Crippen MR) is 55.2 cm³/mol. The Labute approximate surface area is 89.0 Å². The summed E-state index contributed by atoms with van der Waals surface area (Å²) in [6, 6.07) is 0. The molecule has 0 bridgehead atoms. The van der Waals surface area contributed by atoms with Gasteiger partial charge in [-0.25, -0.2) is 0 Å². The summed E-state index contributed by atoms with van der Waals surface area (Å²) in [5, 5.41) is 12.1. The number of amides is 1. The van der Waals surface area contributed by atoms with Gasteiger partial charge < -0.3 is 10.8 Å². The summed E-state index contributed by atoms with van der Waals surface area (Å²) in [6.07, 6.45) is 3.37. The van der Waals surface area contributed by atoms with Crippen LogP contribution in [0.1, 0.15) is 32.6 Å². The van der Waals surface area contributed by atoms with E-state index < -0.39 is 17.4 Å². The lowest BCUT2D eigenvalue weighted by Gasteiger charge is -2.39. The van der Waals surface area contributed by atoms with Gasteiger partial charge in [-0.05, 0) is 18.8 Å². The lowest BCUT2D eigenvalue weighted by molar-refractivity contribution is -0.149. The van der Waals surface area contributed by atoms with Crippen molar-refractivity contribution in [2.45, 2.75) is 38.1 Å². The number of hydrogen-bond acceptors (Lipinski definition) is 3. The third-order valence-electron chi connectivity index (χ3n) is 3.26. The molecule has 1 fully saturated rings. The summed E-state index contributed by atoms with van der Waals surface area (Å²) < 4.78 is 0. The Hall–Kier alpha value is -1.10. The van der Waals surface area contributed by atoms with E-state index >= 15 is 0 Å². The van der Waals surface area contributed by atoms with Crippen molar-refractivity contribution in [3.63, 3.8) is 0 Å². The maximum Gasteiger partial charge on any atom is 0.324 e. The van der Waals surface area contributed by atoms with E-state index in [2.05, 4.69) is 5.32 Å². The molecule has 0 aliphatic heterocycles. The summed E-state index contributed by atoms with van der Waals surface area (Å²) in [5.74, 6) is -1.37. The normalized spacial score (nSPS) is 31.1. The summed E-state index contributed by atoms with van der Waals surface area (Å²) in [6.45, 7) is 1.83. The van der Waals surface area contributed by atoms with Crippen LogP contribution in [-0.2, 0) is 9.59 Å². The quantitative estimate of drug-likeness (QED) is 0.618. The third-order valence-corrected chi connectivity index (χ3v) is 3.26. The number of carbonyl (C=O) groups excluding carboxylic acids is 1. The van der Waals surface area contributed by atoms with Crippen LogP contribution in [0.15, 0.2) is 0 Å². The fourth-order valence-electron chi connectivity index (χ4n) is 2.25. The number of primary amides is 1. The van der Waals surface area contributed by atoms with E-state index in [1.165, 1.54) is 0 Å². The number of nitrogens with two attached hydrogens (primary N) is 1. The molecular formula is C10H18N2O3. The van der Waals surface area contributed by atoms with E-state index in [-0.39, 0.29) is 12.5 Å². The highest BCUT2D eigenvalue weighted by atomic mass is 16.4. The molecule has 0 aromatic rings. The first-order valence-electron chi connectivity index (χ1n) is 5.26. The van der Waals surface area contributed by atoms with Crippen LogP contribution >= 0.6 is 0 Å². The Morgan fingerprint density at radius 1 is 1.53 bits per heavy atom. The molecule has 0 aromatic carbocycles. The van der Waals surface area contributed by atoms with Crippen molar-refractivity contribution in [3.05, 3.63) is 0 Å². The molecule has 4 N–H and O–H groups in total. The number of aliphatic carboxylic acids is 1. The van der Waals surface area contributed by atoms with Gasteiger partial charge in [-0.2, -0.15) is 0 Å². The van der Waals surface area contributed by atoms with Crippen LogP contribution in [0.5, 0.6) is 0 Å². The zero-order chi connectivity index (χ0) is 11.5. The number of carboxylic acids is 1. The lowest BCUT2D eigenvalue weighted by Crippen LogP contribution is -2.59. The van der Waals surface area contributed by atoms with Gasteiger partial charge in [-0.3, -0.25) is 14.9 Å². The summed E-state index contributed by atoms with van der Waals surface area (Å²) in [7, 11) is 0. The Kier molecular flexibility index (Phi) is 3.68. The van der Waals surface area contributed by atoms with Crippen molar-refractivity contribution in [1.29, 1.82) is 0 Å². The minimum atomic E-state index is -0.965. The molecule has 1 amide bonds. The van der Waals surface area contributed by atoms with Gasteiger partial charge in [0.1, 0.15) is 5.54 Å². The van der Waals surface area contributed by atoms with Gasteiger partial charge in [0.25, 0.3) is 0 Å². The average Bonchev–Trinajstić information content (AvgIpc) is 2.16. The molecule has 0 radical (unpaired) electrons. The minimum Gasteiger partial charge on any atom is -0.480 e. The summed E-state index contributed by atoms with van der Waals surface area (Å²) >= 11 is 0. The molecule has 5 heteroatoms. The van der Waals surface area contributed by atoms with E-state index in [0.29, 0.717) is 6.42 Å². The SMILES string of the molecule is CC1CCCCC1(NCC(N)=O)C(=O)O. The van der Waals surface area contributed by atoms with Crippen molar-refractivity contribution >= 4 is 11.9 Å². The highest BCUT2D eigenvalue weighted by Crippen LogP contribution is 2.33. The molecular weight excluding hydrogens is 196 g/mol. The van der Waals surface area contributed by atoms with Gasteiger partial charge in [0, 0.05) is 0 Å². The molecule has 86 valence electrons. The molecule has 0 aromatic heterocycles.